The van der Waals surface area contributed by atoms with E-state index in [1.807, 2.05) is 0 Å². The lowest BCUT2D eigenvalue weighted by atomic mass is 9.99. The zero-order valence-corrected chi connectivity index (χ0v) is 9.89. The molecule has 1 aliphatic rings. The zero-order chi connectivity index (χ0) is 14.0. The number of carboxylic acids is 1. The fourth-order valence-corrected chi connectivity index (χ4v) is 1.40. The molecule has 0 aromatic carbocycles. The number of aliphatic hydroxyl groups excluding tert-OH is 3. The first-order chi connectivity index (χ1) is 8.25. The van der Waals surface area contributed by atoms with Gasteiger partial charge in [0.15, 0.2) is 6.10 Å². The Hall–Kier alpha value is -1.22. The SMILES string of the molecule is CC(C)C(=O)OC1O[C@H](C(=O)O)[C@@H](O)[C@H](O)[C@H]1O. The van der Waals surface area contributed by atoms with E-state index in [0.717, 1.165) is 0 Å². The van der Waals surface area contributed by atoms with E-state index in [2.05, 4.69) is 0 Å². The number of aliphatic carboxylic acids is 1. The Morgan fingerprint density at radius 3 is 2.11 bits per heavy atom. The highest BCUT2D eigenvalue weighted by molar-refractivity contribution is 5.74. The summed E-state index contributed by atoms with van der Waals surface area (Å²) in [4.78, 5) is 22.1. The monoisotopic (exact) mass is 264 g/mol. The van der Waals surface area contributed by atoms with Crippen LogP contribution in [-0.2, 0) is 19.1 Å². The van der Waals surface area contributed by atoms with Gasteiger partial charge >= 0.3 is 11.9 Å². The van der Waals surface area contributed by atoms with Crippen LogP contribution in [0.2, 0.25) is 0 Å². The van der Waals surface area contributed by atoms with Gasteiger partial charge in [0.05, 0.1) is 5.92 Å². The van der Waals surface area contributed by atoms with Crippen LogP contribution in [-0.4, -0.2) is 63.1 Å². The lowest BCUT2D eigenvalue weighted by Crippen LogP contribution is -2.60. The first-order valence-electron chi connectivity index (χ1n) is 5.38. The summed E-state index contributed by atoms with van der Waals surface area (Å²) >= 11 is 0. The van der Waals surface area contributed by atoms with Gasteiger partial charge in [-0.1, -0.05) is 13.8 Å². The average Bonchev–Trinajstić information content (AvgIpc) is 2.29. The molecular formula is C10H16O8. The van der Waals surface area contributed by atoms with Crippen molar-refractivity contribution in [1.82, 2.24) is 0 Å². The van der Waals surface area contributed by atoms with Crippen LogP contribution in [0.25, 0.3) is 0 Å². The van der Waals surface area contributed by atoms with Crippen molar-refractivity contribution in [1.29, 1.82) is 0 Å². The Bertz CT molecular complexity index is 328. The third kappa shape index (κ3) is 2.96. The second-order valence-corrected chi connectivity index (χ2v) is 4.33. The van der Waals surface area contributed by atoms with Gasteiger partial charge in [-0.05, 0) is 0 Å². The predicted molar refractivity (Wildman–Crippen MR) is 55.2 cm³/mol. The van der Waals surface area contributed by atoms with Crippen LogP contribution < -0.4 is 0 Å². The first kappa shape index (κ1) is 14.8. The normalized spacial score (nSPS) is 36.4. The molecule has 0 aliphatic carbocycles. The van der Waals surface area contributed by atoms with E-state index in [-0.39, 0.29) is 0 Å². The molecule has 0 amide bonds. The van der Waals surface area contributed by atoms with Gasteiger partial charge in [0.25, 0.3) is 0 Å². The zero-order valence-electron chi connectivity index (χ0n) is 9.89. The molecule has 0 aromatic rings. The third-order valence-electron chi connectivity index (χ3n) is 2.52. The molecule has 1 fully saturated rings. The van der Waals surface area contributed by atoms with Crippen molar-refractivity contribution in [2.45, 2.75) is 44.6 Å². The van der Waals surface area contributed by atoms with Crippen LogP contribution in [0, 0.1) is 5.92 Å². The molecule has 1 heterocycles. The summed E-state index contributed by atoms with van der Waals surface area (Å²) in [6.07, 6.45) is -8.68. The largest absolute Gasteiger partial charge is 0.479 e. The van der Waals surface area contributed by atoms with E-state index in [1.165, 1.54) is 13.8 Å². The molecule has 4 N–H and O–H groups in total. The fraction of sp³-hybridized carbons (Fsp3) is 0.800. The Morgan fingerprint density at radius 2 is 1.67 bits per heavy atom. The summed E-state index contributed by atoms with van der Waals surface area (Å²) in [5, 5.41) is 37.1. The van der Waals surface area contributed by atoms with E-state index < -0.39 is 48.6 Å². The highest BCUT2D eigenvalue weighted by atomic mass is 16.7. The Morgan fingerprint density at radius 1 is 1.11 bits per heavy atom. The number of aliphatic hydroxyl groups is 3. The van der Waals surface area contributed by atoms with Crippen molar-refractivity contribution in [3.05, 3.63) is 0 Å². The summed E-state index contributed by atoms with van der Waals surface area (Å²) in [7, 11) is 0. The molecule has 0 spiro atoms. The third-order valence-corrected chi connectivity index (χ3v) is 2.52. The quantitative estimate of drug-likeness (QED) is 0.433. The number of rotatable bonds is 3. The van der Waals surface area contributed by atoms with Gasteiger partial charge in [0, 0.05) is 0 Å². The number of carboxylic acid groups (broad SMARTS) is 1. The molecule has 0 aromatic heterocycles. The molecule has 1 unspecified atom stereocenters. The van der Waals surface area contributed by atoms with Crippen LogP contribution in [0.1, 0.15) is 13.8 Å². The lowest BCUT2D eigenvalue weighted by Gasteiger charge is -2.38. The summed E-state index contributed by atoms with van der Waals surface area (Å²) in [5.74, 6) is -2.75. The van der Waals surface area contributed by atoms with E-state index in [0.29, 0.717) is 0 Å². The van der Waals surface area contributed by atoms with Crippen LogP contribution >= 0.6 is 0 Å². The molecule has 104 valence electrons. The van der Waals surface area contributed by atoms with Gasteiger partial charge in [-0.25, -0.2) is 4.79 Å². The van der Waals surface area contributed by atoms with Gasteiger partial charge in [0.2, 0.25) is 6.29 Å². The number of carbonyl (C=O) groups excluding carboxylic acids is 1. The van der Waals surface area contributed by atoms with Gasteiger partial charge in [-0.2, -0.15) is 0 Å². The smallest absolute Gasteiger partial charge is 0.335 e. The van der Waals surface area contributed by atoms with Crippen LogP contribution in [0.15, 0.2) is 0 Å². The van der Waals surface area contributed by atoms with Crippen molar-refractivity contribution in [3.8, 4) is 0 Å². The molecule has 18 heavy (non-hydrogen) atoms. The van der Waals surface area contributed by atoms with E-state index in [4.69, 9.17) is 14.6 Å². The molecule has 0 saturated carbocycles. The van der Waals surface area contributed by atoms with Gasteiger partial charge in [0.1, 0.15) is 18.3 Å². The molecule has 1 rings (SSSR count). The molecule has 8 heteroatoms. The minimum absolute atomic E-state index is 0.506. The first-order valence-corrected chi connectivity index (χ1v) is 5.38. The van der Waals surface area contributed by atoms with Crippen molar-refractivity contribution in [2.24, 2.45) is 5.92 Å². The highest BCUT2D eigenvalue weighted by Crippen LogP contribution is 2.23. The fourth-order valence-electron chi connectivity index (χ4n) is 1.40. The Labute approximate surface area is 103 Å². The minimum Gasteiger partial charge on any atom is -0.479 e. The van der Waals surface area contributed by atoms with Crippen molar-refractivity contribution in [2.75, 3.05) is 0 Å². The maximum atomic E-state index is 11.3. The van der Waals surface area contributed by atoms with Crippen molar-refractivity contribution >= 4 is 11.9 Å². The van der Waals surface area contributed by atoms with Crippen LogP contribution in [0.4, 0.5) is 0 Å². The van der Waals surface area contributed by atoms with E-state index in [9.17, 15) is 24.9 Å². The second-order valence-electron chi connectivity index (χ2n) is 4.33. The predicted octanol–water partition coefficient (Wildman–Crippen LogP) is -1.92. The molecular weight excluding hydrogens is 248 g/mol. The van der Waals surface area contributed by atoms with Gasteiger partial charge in [-0.3, -0.25) is 4.79 Å². The molecule has 1 aliphatic heterocycles. The molecule has 8 nitrogen and oxygen atoms in total. The van der Waals surface area contributed by atoms with Crippen molar-refractivity contribution < 1.29 is 39.5 Å². The standard InChI is InChI=1S/C10H16O8/c1-3(2)9(16)18-10-6(13)4(11)5(12)7(17-10)8(14)15/h3-7,10-13H,1-2H3,(H,14,15)/t4-,5-,6+,7-,10?/m0/s1. The molecule has 5 atom stereocenters. The van der Waals surface area contributed by atoms with Crippen molar-refractivity contribution in [3.63, 3.8) is 0 Å². The minimum atomic E-state index is -1.80. The lowest BCUT2D eigenvalue weighted by molar-refractivity contribution is -0.287. The number of ether oxygens (including phenoxy) is 2. The van der Waals surface area contributed by atoms with Gasteiger partial charge < -0.3 is 29.9 Å². The summed E-state index contributed by atoms with van der Waals surface area (Å²) in [6, 6.07) is 0. The summed E-state index contributed by atoms with van der Waals surface area (Å²) in [5.41, 5.74) is 0. The second kappa shape index (κ2) is 5.61. The number of esters is 1. The maximum Gasteiger partial charge on any atom is 0.335 e. The molecule has 0 bridgehead atoms. The topological polar surface area (TPSA) is 134 Å². The number of carbonyl (C=O) groups is 2. The Balaban J connectivity index is 2.79. The van der Waals surface area contributed by atoms with E-state index in [1.54, 1.807) is 0 Å². The Kier molecular flexibility index (Phi) is 4.63. The van der Waals surface area contributed by atoms with E-state index >= 15 is 0 Å². The maximum absolute atomic E-state index is 11.3. The number of hydrogen-bond donors (Lipinski definition) is 4. The molecule has 0 radical (unpaired) electrons. The van der Waals surface area contributed by atoms with Crippen LogP contribution in [0.5, 0.6) is 0 Å². The molecule has 1 saturated heterocycles. The highest BCUT2D eigenvalue weighted by Gasteiger charge is 2.48. The average molecular weight is 264 g/mol. The number of hydrogen-bond acceptors (Lipinski definition) is 7. The van der Waals surface area contributed by atoms with Crippen LogP contribution in [0.3, 0.4) is 0 Å². The van der Waals surface area contributed by atoms with Gasteiger partial charge in [-0.15, -0.1) is 0 Å². The summed E-state index contributed by atoms with van der Waals surface area (Å²) in [6.45, 7) is 3.08. The summed E-state index contributed by atoms with van der Waals surface area (Å²) < 4.78 is 9.48.